The zero-order valence-corrected chi connectivity index (χ0v) is 12.2. The number of hydrogen-bond donors (Lipinski definition) is 2. The molecule has 1 amide bonds. The summed E-state index contributed by atoms with van der Waals surface area (Å²) in [4.78, 5) is 12.3. The second-order valence-electron chi connectivity index (χ2n) is 5.30. The van der Waals surface area contributed by atoms with Gasteiger partial charge in [0.1, 0.15) is 0 Å². The van der Waals surface area contributed by atoms with E-state index in [-0.39, 0.29) is 30.4 Å². The van der Waals surface area contributed by atoms with Crippen LogP contribution in [-0.4, -0.2) is 31.2 Å². The molecule has 2 aliphatic rings. The quantitative estimate of drug-likeness (QED) is 0.868. The maximum Gasteiger partial charge on any atom is 0.237 e. The predicted octanol–water partition coefficient (Wildman–Crippen LogP) is 1.42. The number of nitrogens with one attached hydrogen (secondary N) is 2. The molecule has 0 saturated carbocycles. The molecule has 2 heterocycles. The lowest BCUT2D eigenvalue weighted by Gasteiger charge is -2.29. The Kier molecular flexibility index (Phi) is 5.40. The summed E-state index contributed by atoms with van der Waals surface area (Å²) in [5, 5.41) is 6.46. The number of rotatable bonds is 2. The molecule has 0 aliphatic carbocycles. The van der Waals surface area contributed by atoms with Crippen molar-refractivity contribution in [1.82, 2.24) is 10.6 Å². The van der Waals surface area contributed by atoms with Crippen LogP contribution < -0.4 is 10.6 Å². The number of ether oxygens (including phenoxy) is 1. The van der Waals surface area contributed by atoms with Crippen LogP contribution >= 0.6 is 12.4 Å². The van der Waals surface area contributed by atoms with Crippen molar-refractivity contribution in [3.63, 3.8) is 0 Å². The van der Waals surface area contributed by atoms with Crippen LogP contribution in [0, 0.1) is 0 Å². The van der Waals surface area contributed by atoms with Crippen molar-refractivity contribution in [3.8, 4) is 0 Å². The van der Waals surface area contributed by atoms with Crippen LogP contribution in [-0.2, 0) is 22.5 Å². The molecule has 0 radical (unpaired) electrons. The minimum absolute atomic E-state index is 0. The third kappa shape index (κ3) is 3.51. The lowest BCUT2D eigenvalue weighted by molar-refractivity contribution is -0.124. The first kappa shape index (κ1) is 15.3. The zero-order valence-electron chi connectivity index (χ0n) is 11.4. The SMILES string of the molecule is Cl.O=C(NC1CCOCC1)C1Cc2ccccc2CN1. The molecule has 3 rings (SSSR count). The van der Waals surface area contributed by atoms with Gasteiger partial charge >= 0.3 is 0 Å². The normalized spacial score (nSPS) is 22.5. The first-order valence-electron chi connectivity index (χ1n) is 7.01. The molecule has 1 saturated heterocycles. The maximum atomic E-state index is 12.3. The molecule has 0 aromatic heterocycles. The third-order valence-electron chi connectivity index (χ3n) is 3.97. The van der Waals surface area contributed by atoms with E-state index in [2.05, 4.69) is 22.8 Å². The van der Waals surface area contributed by atoms with Crippen LogP contribution in [0.25, 0.3) is 0 Å². The van der Waals surface area contributed by atoms with Crippen molar-refractivity contribution in [1.29, 1.82) is 0 Å². The van der Waals surface area contributed by atoms with Crippen molar-refractivity contribution in [2.24, 2.45) is 0 Å². The Balaban J connectivity index is 0.00000147. The summed E-state index contributed by atoms with van der Waals surface area (Å²) >= 11 is 0. The van der Waals surface area contributed by atoms with Gasteiger partial charge < -0.3 is 15.4 Å². The number of carbonyl (C=O) groups is 1. The van der Waals surface area contributed by atoms with Gasteiger partial charge in [-0.15, -0.1) is 12.4 Å². The van der Waals surface area contributed by atoms with Gasteiger partial charge in [-0.1, -0.05) is 24.3 Å². The standard InChI is InChI=1S/C15H20N2O2.ClH/c18-15(17-13-5-7-19-8-6-13)14-9-11-3-1-2-4-12(11)10-16-14;/h1-4,13-14,16H,5-10H2,(H,17,18);1H. The Morgan fingerprint density at radius 1 is 1.20 bits per heavy atom. The monoisotopic (exact) mass is 296 g/mol. The van der Waals surface area contributed by atoms with E-state index in [1.807, 2.05) is 12.1 Å². The first-order chi connectivity index (χ1) is 9.33. The predicted molar refractivity (Wildman–Crippen MR) is 80.0 cm³/mol. The van der Waals surface area contributed by atoms with E-state index in [1.165, 1.54) is 11.1 Å². The van der Waals surface area contributed by atoms with Crippen LogP contribution in [0.4, 0.5) is 0 Å². The third-order valence-corrected chi connectivity index (χ3v) is 3.97. The summed E-state index contributed by atoms with van der Waals surface area (Å²) in [5.74, 6) is 0.126. The van der Waals surface area contributed by atoms with Gasteiger partial charge in [0.15, 0.2) is 0 Å². The van der Waals surface area contributed by atoms with Gasteiger partial charge in [-0.3, -0.25) is 4.79 Å². The van der Waals surface area contributed by atoms with E-state index >= 15 is 0 Å². The molecule has 1 aromatic carbocycles. The van der Waals surface area contributed by atoms with Crippen molar-refractivity contribution in [2.75, 3.05) is 13.2 Å². The average Bonchev–Trinajstić information content (AvgIpc) is 2.48. The Labute approximate surface area is 125 Å². The lowest BCUT2D eigenvalue weighted by atomic mass is 9.95. The van der Waals surface area contributed by atoms with E-state index in [0.29, 0.717) is 0 Å². The summed E-state index contributed by atoms with van der Waals surface area (Å²) in [6.45, 7) is 2.29. The summed E-state index contributed by atoms with van der Waals surface area (Å²) in [7, 11) is 0. The second-order valence-corrected chi connectivity index (χ2v) is 5.30. The molecular weight excluding hydrogens is 276 g/mol. The van der Waals surface area contributed by atoms with Crippen LogP contribution in [0.2, 0.25) is 0 Å². The van der Waals surface area contributed by atoms with Gasteiger partial charge in [0.25, 0.3) is 0 Å². The number of fused-ring (bicyclic) bond motifs is 1. The van der Waals surface area contributed by atoms with Gasteiger partial charge in [0, 0.05) is 25.8 Å². The molecule has 1 fully saturated rings. The van der Waals surface area contributed by atoms with E-state index in [0.717, 1.165) is 39.0 Å². The highest BCUT2D eigenvalue weighted by molar-refractivity contribution is 5.85. The highest BCUT2D eigenvalue weighted by Gasteiger charge is 2.26. The Hall–Kier alpha value is -1.10. The number of amides is 1. The van der Waals surface area contributed by atoms with Crippen LogP contribution in [0.15, 0.2) is 24.3 Å². The first-order valence-corrected chi connectivity index (χ1v) is 7.01. The lowest BCUT2D eigenvalue weighted by Crippen LogP contribution is -2.51. The van der Waals surface area contributed by atoms with Gasteiger partial charge in [-0.25, -0.2) is 0 Å². The fourth-order valence-corrected chi connectivity index (χ4v) is 2.78. The molecule has 1 aromatic rings. The van der Waals surface area contributed by atoms with Crippen LogP contribution in [0.5, 0.6) is 0 Å². The largest absolute Gasteiger partial charge is 0.381 e. The van der Waals surface area contributed by atoms with E-state index in [9.17, 15) is 4.79 Å². The highest BCUT2D eigenvalue weighted by Crippen LogP contribution is 2.16. The molecule has 0 spiro atoms. The molecule has 20 heavy (non-hydrogen) atoms. The molecule has 0 bridgehead atoms. The fourth-order valence-electron chi connectivity index (χ4n) is 2.78. The zero-order chi connectivity index (χ0) is 13.1. The topological polar surface area (TPSA) is 50.4 Å². The summed E-state index contributed by atoms with van der Waals surface area (Å²) in [6, 6.07) is 8.50. The summed E-state index contributed by atoms with van der Waals surface area (Å²) in [5.41, 5.74) is 2.59. The summed E-state index contributed by atoms with van der Waals surface area (Å²) in [6.07, 6.45) is 2.63. The van der Waals surface area contributed by atoms with Gasteiger partial charge in [-0.2, -0.15) is 0 Å². The van der Waals surface area contributed by atoms with E-state index in [4.69, 9.17) is 4.74 Å². The Morgan fingerprint density at radius 2 is 1.90 bits per heavy atom. The van der Waals surface area contributed by atoms with Crippen molar-refractivity contribution >= 4 is 18.3 Å². The van der Waals surface area contributed by atoms with Crippen LogP contribution in [0.3, 0.4) is 0 Å². The van der Waals surface area contributed by atoms with E-state index < -0.39 is 0 Å². The maximum absolute atomic E-state index is 12.3. The molecule has 5 heteroatoms. The molecule has 1 atom stereocenters. The van der Waals surface area contributed by atoms with Crippen molar-refractivity contribution in [2.45, 2.75) is 37.9 Å². The van der Waals surface area contributed by atoms with Crippen LogP contribution in [0.1, 0.15) is 24.0 Å². The smallest absolute Gasteiger partial charge is 0.237 e. The van der Waals surface area contributed by atoms with Gasteiger partial charge in [-0.05, 0) is 30.4 Å². The molecule has 2 N–H and O–H groups in total. The second kappa shape index (κ2) is 7.07. The minimum Gasteiger partial charge on any atom is -0.381 e. The highest BCUT2D eigenvalue weighted by atomic mass is 35.5. The van der Waals surface area contributed by atoms with Gasteiger partial charge in [0.05, 0.1) is 6.04 Å². The average molecular weight is 297 g/mol. The minimum atomic E-state index is -0.0993. The number of benzene rings is 1. The molecule has 110 valence electrons. The number of carbonyl (C=O) groups excluding carboxylic acids is 1. The molecule has 1 unspecified atom stereocenters. The molecule has 2 aliphatic heterocycles. The van der Waals surface area contributed by atoms with E-state index in [1.54, 1.807) is 0 Å². The number of halogens is 1. The Bertz CT molecular complexity index is 461. The molecular formula is C15H21ClN2O2. The fraction of sp³-hybridized carbons (Fsp3) is 0.533. The van der Waals surface area contributed by atoms with Crippen molar-refractivity contribution in [3.05, 3.63) is 35.4 Å². The Morgan fingerprint density at radius 3 is 2.65 bits per heavy atom. The number of hydrogen-bond acceptors (Lipinski definition) is 3. The molecule has 4 nitrogen and oxygen atoms in total. The van der Waals surface area contributed by atoms with Gasteiger partial charge in [0.2, 0.25) is 5.91 Å². The van der Waals surface area contributed by atoms with Crippen molar-refractivity contribution < 1.29 is 9.53 Å². The summed E-state index contributed by atoms with van der Waals surface area (Å²) < 4.78 is 5.31.